The number of nitrogens with one attached hydrogen (secondary N) is 1. The molecule has 18 heavy (non-hydrogen) atoms. The number of hydrogen-bond acceptors (Lipinski definition) is 4. The van der Waals surface area contributed by atoms with Crippen molar-refractivity contribution in [2.75, 3.05) is 6.54 Å². The highest BCUT2D eigenvalue weighted by molar-refractivity contribution is 5.68. The van der Waals surface area contributed by atoms with Crippen LogP contribution >= 0.6 is 0 Å². The van der Waals surface area contributed by atoms with Crippen LogP contribution in [0.2, 0.25) is 0 Å². The van der Waals surface area contributed by atoms with Crippen molar-refractivity contribution in [3.8, 4) is 0 Å². The smallest absolute Gasteiger partial charge is 0.178 e. The summed E-state index contributed by atoms with van der Waals surface area (Å²) in [6.07, 6.45) is 4.47. The SMILES string of the molecule is CCNC(CC)C(C)c1ccc2nccnc2n1. The number of rotatable bonds is 5. The van der Waals surface area contributed by atoms with Gasteiger partial charge in [0, 0.05) is 30.0 Å². The summed E-state index contributed by atoms with van der Waals surface area (Å²) in [5.74, 6) is 0.376. The summed E-state index contributed by atoms with van der Waals surface area (Å²) >= 11 is 0. The second kappa shape index (κ2) is 5.87. The molecule has 0 aliphatic heterocycles. The first kappa shape index (κ1) is 12.9. The van der Waals surface area contributed by atoms with Crippen LogP contribution in [0.5, 0.6) is 0 Å². The highest BCUT2D eigenvalue weighted by atomic mass is 14.9. The molecule has 4 nitrogen and oxygen atoms in total. The molecule has 2 heterocycles. The molecule has 1 N–H and O–H groups in total. The number of likely N-dealkylation sites (N-methyl/N-ethyl adjacent to an activating group) is 1. The summed E-state index contributed by atoms with van der Waals surface area (Å²) in [6, 6.07) is 4.51. The van der Waals surface area contributed by atoms with Gasteiger partial charge in [-0.15, -0.1) is 0 Å². The zero-order valence-corrected chi connectivity index (χ0v) is 11.2. The Morgan fingerprint density at radius 2 is 1.94 bits per heavy atom. The summed E-state index contributed by atoms with van der Waals surface area (Å²) in [4.78, 5) is 13.1. The molecule has 0 saturated heterocycles. The van der Waals surface area contributed by atoms with Crippen molar-refractivity contribution in [1.29, 1.82) is 0 Å². The van der Waals surface area contributed by atoms with Gasteiger partial charge in [-0.3, -0.25) is 4.98 Å². The standard InChI is InChI=1S/C14H20N4/c1-4-11(15-5-2)10(3)12-6-7-13-14(18-12)17-9-8-16-13/h6-11,15H,4-5H2,1-3H3. The van der Waals surface area contributed by atoms with Crippen molar-refractivity contribution in [1.82, 2.24) is 20.3 Å². The molecule has 2 aromatic rings. The first-order chi connectivity index (χ1) is 8.76. The molecule has 2 unspecified atom stereocenters. The van der Waals surface area contributed by atoms with E-state index in [1.807, 2.05) is 6.07 Å². The molecular weight excluding hydrogens is 224 g/mol. The molecule has 2 aromatic heterocycles. The third-order valence-electron chi connectivity index (χ3n) is 3.33. The molecule has 0 spiro atoms. The van der Waals surface area contributed by atoms with Gasteiger partial charge in [0.15, 0.2) is 5.65 Å². The molecule has 0 bridgehead atoms. The van der Waals surface area contributed by atoms with E-state index < -0.39 is 0 Å². The minimum absolute atomic E-state index is 0.376. The molecule has 2 atom stereocenters. The Kier molecular flexibility index (Phi) is 4.20. The number of fused-ring (bicyclic) bond motifs is 1. The summed E-state index contributed by atoms with van der Waals surface area (Å²) < 4.78 is 0. The Morgan fingerprint density at radius 1 is 1.17 bits per heavy atom. The van der Waals surface area contributed by atoms with Gasteiger partial charge in [0.1, 0.15) is 5.52 Å². The molecule has 0 saturated carbocycles. The highest BCUT2D eigenvalue weighted by Gasteiger charge is 2.17. The van der Waals surface area contributed by atoms with Crippen LogP contribution in [0.1, 0.15) is 38.8 Å². The van der Waals surface area contributed by atoms with E-state index in [4.69, 9.17) is 0 Å². The predicted octanol–water partition coefficient (Wildman–Crippen LogP) is 2.52. The molecular formula is C14H20N4. The lowest BCUT2D eigenvalue weighted by Crippen LogP contribution is -2.33. The van der Waals surface area contributed by atoms with Gasteiger partial charge in [-0.1, -0.05) is 20.8 Å². The van der Waals surface area contributed by atoms with Crippen molar-refractivity contribution in [3.05, 3.63) is 30.2 Å². The second-order valence-corrected chi connectivity index (χ2v) is 4.50. The number of aromatic nitrogens is 3. The van der Waals surface area contributed by atoms with E-state index in [1.54, 1.807) is 12.4 Å². The zero-order chi connectivity index (χ0) is 13.0. The molecule has 0 amide bonds. The average molecular weight is 244 g/mol. The molecule has 0 aliphatic carbocycles. The largest absolute Gasteiger partial charge is 0.314 e. The van der Waals surface area contributed by atoms with E-state index in [0.717, 1.165) is 29.8 Å². The molecule has 0 radical (unpaired) electrons. The van der Waals surface area contributed by atoms with Gasteiger partial charge in [0.05, 0.1) is 0 Å². The monoisotopic (exact) mass is 244 g/mol. The Bertz CT molecular complexity index is 512. The van der Waals surface area contributed by atoms with Crippen molar-refractivity contribution in [2.24, 2.45) is 0 Å². The zero-order valence-electron chi connectivity index (χ0n) is 11.2. The summed E-state index contributed by atoms with van der Waals surface area (Å²) in [7, 11) is 0. The van der Waals surface area contributed by atoms with E-state index in [1.165, 1.54) is 0 Å². The fourth-order valence-electron chi connectivity index (χ4n) is 2.27. The fraction of sp³-hybridized carbons (Fsp3) is 0.500. The van der Waals surface area contributed by atoms with Crippen molar-refractivity contribution in [2.45, 2.75) is 39.2 Å². The first-order valence-corrected chi connectivity index (χ1v) is 6.57. The Balaban J connectivity index is 2.29. The lowest BCUT2D eigenvalue weighted by molar-refractivity contribution is 0.443. The predicted molar refractivity (Wildman–Crippen MR) is 73.5 cm³/mol. The van der Waals surface area contributed by atoms with Gasteiger partial charge >= 0.3 is 0 Å². The van der Waals surface area contributed by atoms with Crippen LogP contribution in [0.15, 0.2) is 24.5 Å². The summed E-state index contributed by atoms with van der Waals surface area (Å²) in [5.41, 5.74) is 2.66. The van der Waals surface area contributed by atoms with Crippen LogP contribution in [0, 0.1) is 0 Å². The summed E-state index contributed by atoms with van der Waals surface area (Å²) in [5, 5.41) is 3.50. The highest BCUT2D eigenvalue weighted by Crippen LogP contribution is 2.20. The molecule has 96 valence electrons. The van der Waals surface area contributed by atoms with E-state index in [9.17, 15) is 0 Å². The van der Waals surface area contributed by atoms with E-state index in [-0.39, 0.29) is 0 Å². The fourth-order valence-corrected chi connectivity index (χ4v) is 2.27. The van der Waals surface area contributed by atoms with Crippen molar-refractivity contribution >= 4 is 11.2 Å². The molecule has 4 heteroatoms. The van der Waals surface area contributed by atoms with Gasteiger partial charge < -0.3 is 5.32 Å². The van der Waals surface area contributed by atoms with Gasteiger partial charge in [-0.2, -0.15) is 0 Å². The van der Waals surface area contributed by atoms with E-state index in [0.29, 0.717) is 12.0 Å². The lowest BCUT2D eigenvalue weighted by atomic mass is 9.95. The Labute approximate surface area is 108 Å². The third-order valence-corrected chi connectivity index (χ3v) is 3.33. The topological polar surface area (TPSA) is 50.7 Å². The number of nitrogens with zero attached hydrogens (tertiary/aromatic N) is 3. The van der Waals surface area contributed by atoms with Crippen LogP contribution in [-0.4, -0.2) is 27.5 Å². The maximum atomic E-state index is 4.61. The van der Waals surface area contributed by atoms with Crippen molar-refractivity contribution in [3.63, 3.8) is 0 Å². The van der Waals surface area contributed by atoms with Gasteiger partial charge in [-0.05, 0) is 25.1 Å². The second-order valence-electron chi connectivity index (χ2n) is 4.50. The van der Waals surface area contributed by atoms with Gasteiger partial charge in [0.25, 0.3) is 0 Å². The maximum Gasteiger partial charge on any atom is 0.178 e. The number of hydrogen-bond donors (Lipinski definition) is 1. The van der Waals surface area contributed by atoms with Crippen LogP contribution in [0.3, 0.4) is 0 Å². The minimum atomic E-state index is 0.376. The van der Waals surface area contributed by atoms with E-state index >= 15 is 0 Å². The van der Waals surface area contributed by atoms with Crippen LogP contribution < -0.4 is 5.32 Å². The Hall–Kier alpha value is -1.55. The first-order valence-electron chi connectivity index (χ1n) is 6.57. The summed E-state index contributed by atoms with van der Waals surface area (Å²) in [6.45, 7) is 7.52. The lowest BCUT2D eigenvalue weighted by Gasteiger charge is -2.23. The van der Waals surface area contributed by atoms with Crippen LogP contribution in [-0.2, 0) is 0 Å². The van der Waals surface area contributed by atoms with Crippen molar-refractivity contribution < 1.29 is 0 Å². The van der Waals surface area contributed by atoms with Crippen LogP contribution in [0.4, 0.5) is 0 Å². The third kappa shape index (κ3) is 2.64. The molecule has 0 fully saturated rings. The quantitative estimate of drug-likeness (QED) is 0.878. The maximum absolute atomic E-state index is 4.61. The molecule has 0 aromatic carbocycles. The van der Waals surface area contributed by atoms with E-state index in [2.05, 4.69) is 47.1 Å². The number of pyridine rings is 1. The molecule has 0 aliphatic rings. The van der Waals surface area contributed by atoms with Gasteiger partial charge in [0.2, 0.25) is 0 Å². The average Bonchev–Trinajstić information content (AvgIpc) is 2.43. The Morgan fingerprint density at radius 3 is 2.67 bits per heavy atom. The van der Waals surface area contributed by atoms with Gasteiger partial charge in [-0.25, -0.2) is 9.97 Å². The minimum Gasteiger partial charge on any atom is -0.314 e. The normalized spacial score (nSPS) is 14.6. The van der Waals surface area contributed by atoms with Crippen LogP contribution in [0.25, 0.3) is 11.2 Å². The molecule has 2 rings (SSSR count).